The zero-order valence-corrected chi connectivity index (χ0v) is 12.6. The lowest BCUT2D eigenvalue weighted by Gasteiger charge is -2.08. The topological polar surface area (TPSA) is 18.5 Å². The molecule has 19 heavy (non-hydrogen) atoms. The standard InChI is InChI=1S/C14H15BO2S2/c1-18-13-7-3-11(4-8-13)16-15-17-12-5-9-14(19-2)10-6-12/h3-10,15H,1-2H3. The molecule has 0 spiro atoms. The Hall–Kier alpha value is -1.20. The first-order valence-corrected chi connectivity index (χ1v) is 8.30. The second-order valence-corrected chi connectivity index (χ2v) is 5.52. The summed E-state index contributed by atoms with van der Waals surface area (Å²) in [5.41, 5.74) is 0. The van der Waals surface area contributed by atoms with E-state index in [4.69, 9.17) is 9.31 Å². The number of rotatable bonds is 6. The molecule has 2 aromatic carbocycles. The van der Waals surface area contributed by atoms with E-state index in [1.165, 1.54) is 9.79 Å². The molecule has 2 nitrogen and oxygen atoms in total. The van der Waals surface area contributed by atoms with E-state index in [0.717, 1.165) is 11.5 Å². The largest absolute Gasteiger partial charge is 0.576 e. The summed E-state index contributed by atoms with van der Waals surface area (Å²) in [6.45, 7) is 0. The molecule has 0 radical (unpaired) electrons. The molecule has 0 fully saturated rings. The minimum Gasteiger partial charge on any atom is -0.529 e. The van der Waals surface area contributed by atoms with Gasteiger partial charge in [-0.2, -0.15) is 0 Å². The van der Waals surface area contributed by atoms with Crippen LogP contribution in [0.25, 0.3) is 0 Å². The molecule has 0 aliphatic heterocycles. The van der Waals surface area contributed by atoms with Crippen LogP contribution in [0.2, 0.25) is 0 Å². The summed E-state index contributed by atoms with van der Waals surface area (Å²) >= 11 is 3.43. The van der Waals surface area contributed by atoms with Gasteiger partial charge in [0, 0.05) is 9.79 Å². The van der Waals surface area contributed by atoms with E-state index in [1.807, 2.05) is 48.5 Å². The molecule has 0 saturated heterocycles. The van der Waals surface area contributed by atoms with Crippen molar-refractivity contribution in [1.82, 2.24) is 0 Å². The van der Waals surface area contributed by atoms with E-state index >= 15 is 0 Å². The second-order valence-electron chi connectivity index (χ2n) is 3.76. The zero-order chi connectivity index (χ0) is 13.5. The average molecular weight is 290 g/mol. The van der Waals surface area contributed by atoms with E-state index in [1.54, 1.807) is 23.5 Å². The molecule has 2 rings (SSSR count). The monoisotopic (exact) mass is 290 g/mol. The quantitative estimate of drug-likeness (QED) is 0.594. The van der Waals surface area contributed by atoms with Gasteiger partial charge in [-0.1, -0.05) is 0 Å². The Kier molecular flexibility index (Phi) is 5.54. The fraction of sp³-hybridized carbons (Fsp3) is 0.143. The summed E-state index contributed by atoms with van der Waals surface area (Å²) in [5.74, 6) is 1.64. The summed E-state index contributed by atoms with van der Waals surface area (Å²) < 4.78 is 11.1. The van der Waals surface area contributed by atoms with Gasteiger partial charge in [-0.25, -0.2) is 0 Å². The molecule has 0 N–H and O–H groups in total. The third kappa shape index (κ3) is 4.44. The molecule has 98 valence electrons. The van der Waals surface area contributed by atoms with Crippen LogP contribution < -0.4 is 9.31 Å². The molecule has 0 aliphatic rings. The molecule has 0 bridgehead atoms. The maximum atomic E-state index is 5.53. The third-order valence-corrected chi connectivity index (χ3v) is 4.06. The maximum absolute atomic E-state index is 5.53. The Morgan fingerprint density at radius 2 is 1.05 bits per heavy atom. The SMILES string of the molecule is CSc1ccc(OBOc2ccc(SC)cc2)cc1. The fourth-order valence-electron chi connectivity index (χ4n) is 1.51. The van der Waals surface area contributed by atoms with Crippen molar-refractivity contribution in [3.8, 4) is 11.5 Å². The Morgan fingerprint density at radius 1 is 0.684 bits per heavy atom. The molecule has 0 unspecified atom stereocenters. The van der Waals surface area contributed by atoms with Gasteiger partial charge in [0.05, 0.1) is 0 Å². The molecule has 0 aromatic heterocycles. The highest BCUT2D eigenvalue weighted by atomic mass is 32.2. The first-order valence-electron chi connectivity index (χ1n) is 5.85. The van der Waals surface area contributed by atoms with Gasteiger partial charge in [-0.05, 0) is 61.0 Å². The van der Waals surface area contributed by atoms with Crippen molar-refractivity contribution in [2.45, 2.75) is 9.79 Å². The fourth-order valence-corrected chi connectivity index (χ4v) is 2.33. The first-order chi connectivity index (χ1) is 9.31. The molecule has 0 saturated carbocycles. The molecular weight excluding hydrogens is 275 g/mol. The van der Waals surface area contributed by atoms with Crippen molar-refractivity contribution in [1.29, 1.82) is 0 Å². The lowest BCUT2D eigenvalue weighted by molar-refractivity contribution is 0.458. The molecular formula is C14H15BO2S2. The molecule has 0 aliphatic carbocycles. The summed E-state index contributed by atoms with van der Waals surface area (Å²) in [5, 5.41) is 0. The van der Waals surface area contributed by atoms with Crippen molar-refractivity contribution < 1.29 is 9.31 Å². The van der Waals surface area contributed by atoms with Crippen LogP contribution in [0.15, 0.2) is 58.3 Å². The number of hydrogen-bond acceptors (Lipinski definition) is 4. The van der Waals surface area contributed by atoms with Crippen LogP contribution in [-0.2, 0) is 0 Å². The highest BCUT2D eigenvalue weighted by Crippen LogP contribution is 2.20. The Morgan fingerprint density at radius 3 is 1.37 bits per heavy atom. The van der Waals surface area contributed by atoms with Crippen LogP contribution in [-0.4, -0.2) is 20.2 Å². The van der Waals surface area contributed by atoms with Crippen LogP contribution in [0, 0.1) is 0 Å². The van der Waals surface area contributed by atoms with Crippen molar-refractivity contribution >= 4 is 31.2 Å². The van der Waals surface area contributed by atoms with E-state index in [9.17, 15) is 0 Å². The van der Waals surface area contributed by atoms with Crippen LogP contribution in [0.3, 0.4) is 0 Å². The Bertz CT molecular complexity index is 452. The Balaban J connectivity index is 1.81. The molecule has 5 heteroatoms. The van der Waals surface area contributed by atoms with Crippen LogP contribution in [0.1, 0.15) is 0 Å². The molecule has 0 amide bonds. The van der Waals surface area contributed by atoms with Gasteiger partial charge in [0.25, 0.3) is 0 Å². The van der Waals surface area contributed by atoms with E-state index in [2.05, 4.69) is 12.5 Å². The number of thioether (sulfide) groups is 2. The van der Waals surface area contributed by atoms with Gasteiger partial charge < -0.3 is 9.31 Å². The van der Waals surface area contributed by atoms with E-state index in [-0.39, 0.29) is 7.69 Å². The minimum atomic E-state index is 0.219. The van der Waals surface area contributed by atoms with Gasteiger partial charge >= 0.3 is 7.69 Å². The van der Waals surface area contributed by atoms with Crippen molar-refractivity contribution in [2.24, 2.45) is 0 Å². The highest BCUT2D eigenvalue weighted by Gasteiger charge is 2.00. The van der Waals surface area contributed by atoms with Crippen molar-refractivity contribution in [3.63, 3.8) is 0 Å². The smallest absolute Gasteiger partial charge is 0.529 e. The van der Waals surface area contributed by atoms with Gasteiger partial charge in [0.15, 0.2) is 0 Å². The molecule has 2 aromatic rings. The normalized spacial score (nSPS) is 10.0. The van der Waals surface area contributed by atoms with Crippen LogP contribution >= 0.6 is 23.5 Å². The average Bonchev–Trinajstić information content (AvgIpc) is 2.49. The third-order valence-electron chi connectivity index (χ3n) is 2.57. The number of benzene rings is 2. The minimum absolute atomic E-state index is 0.219. The highest BCUT2D eigenvalue weighted by molar-refractivity contribution is 7.98. The summed E-state index contributed by atoms with van der Waals surface area (Å²) in [4.78, 5) is 2.45. The van der Waals surface area contributed by atoms with Crippen molar-refractivity contribution in [2.75, 3.05) is 12.5 Å². The predicted octanol–water partition coefficient (Wildman–Crippen LogP) is 3.85. The lowest BCUT2D eigenvalue weighted by atomic mass is 10.3. The van der Waals surface area contributed by atoms with E-state index < -0.39 is 0 Å². The second kappa shape index (κ2) is 7.41. The summed E-state index contributed by atoms with van der Waals surface area (Å²) in [7, 11) is 0.219. The summed E-state index contributed by atoms with van der Waals surface area (Å²) in [6, 6.07) is 15.9. The maximum Gasteiger partial charge on any atom is 0.576 e. The molecule has 0 heterocycles. The van der Waals surface area contributed by atoms with Gasteiger partial charge in [0.2, 0.25) is 0 Å². The molecule has 0 atom stereocenters. The predicted molar refractivity (Wildman–Crippen MR) is 84.9 cm³/mol. The zero-order valence-electron chi connectivity index (χ0n) is 11.0. The summed E-state index contributed by atoms with van der Waals surface area (Å²) in [6.07, 6.45) is 4.11. The number of hydrogen-bond donors (Lipinski definition) is 0. The first kappa shape index (κ1) is 14.2. The van der Waals surface area contributed by atoms with Gasteiger partial charge in [-0.15, -0.1) is 23.5 Å². The van der Waals surface area contributed by atoms with Gasteiger partial charge in [0.1, 0.15) is 11.5 Å². The Labute approximate surface area is 123 Å². The van der Waals surface area contributed by atoms with Crippen LogP contribution in [0.4, 0.5) is 0 Å². The van der Waals surface area contributed by atoms with E-state index in [0.29, 0.717) is 0 Å². The van der Waals surface area contributed by atoms with Crippen molar-refractivity contribution in [3.05, 3.63) is 48.5 Å². The lowest BCUT2D eigenvalue weighted by Crippen LogP contribution is -2.10. The van der Waals surface area contributed by atoms with Gasteiger partial charge in [-0.3, -0.25) is 0 Å². The van der Waals surface area contributed by atoms with Crippen LogP contribution in [0.5, 0.6) is 11.5 Å².